The van der Waals surface area contributed by atoms with Crippen molar-refractivity contribution in [3.8, 4) is 17.2 Å². The first-order valence-corrected chi connectivity index (χ1v) is 10.7. The first-order chi connectivity index (χ1) is 16.0. The minimum Gasteiger partial charge on any atom is -0.491 e. The van der Waals surface area contributed by atoms with E-state index in [1.165, 1.54) is 6.26 Å². The number of aromatic nitrogens is 1. The Balaban J connectivity index is 1.38. The summed E-state index contributed by atoms with van der Waals surface area (Å²) in [6.07, 6.45) is 1.31. The third-order valence-electron chi connectivity index (χ3n) is 6.14. The highest BCUT2D eigenvalue weighted by Gasteiger charge is 2.57. The second-order valence-electron chi connectivity index (χ2n) is 8.56. The van der Waals surface area contributed by atoms with E-state index in [9.17, 15) is 9.59 Å². The molecule has 3 aliphatic heterocycles. The normalized spacial score (nSPS) is 19.7. The summed E-state index contributed by atoms with van der Waals surface area (Å²) in [5.41, 5.74) is 1.52. The molecular formula is C24H21N3O6. The number of amides is 2. The van der Waals surface area contributed by atoms with Crippen LogP contribution in [0, 0.1) is 0 Å². The van der Waals surface area contributed by atoms with Crippen molar-refractivity contribution in [3.63, 3.8) is 0 Å². The molecule has 4 heterocycles. The molecule has 1 unspecified atom stereocenters. The van der Waals surface area contributed by atoms with Crippen LogP contribution < -0.4 is 24.4 Å². The van der Waals surface area contributed by atoms with E-state index in [4.69, 9.17) is 18.6 Å². The molecule has 1 N–H and O–H groups in total. The van der Waals surface area contributed by atoms with Gasteiger partial charge < -0.3 is 28.8 Å². The zero-order valence-electron chi connectivity index (χ0n) is 18.1. The quantitative estimate of drug-likeness (QED) is 0.656. The SMILES string of the molecule is CC(C)NC(=O)c1coc(CN2C(=O)C3(COc4cc5c(cc43)OCO5)c3ccccc32)n1. The van der Waals surface area contributed by atoms with Crippen molar-refractivity contribution < 1.29 is 28.2 Å². The van der Waals surface area contributed by atoms with Crippen LogP contribution >= 0.6 is 0 Å². The number of hydrogen-bond donors (Lipinski definition) is 1. The number of carbonyl (C=O) groups is 2. The third kappa shape index (κ3) is 2.81. The fourth-order valence-corrected chi connectivity index (χ4v) is 4.68. The number of hydrogen-bond acceptors (Lipinski definition) is 7. The maximum atomic E-state index is 14.0. The van der Waals surface area contributed by atoms with Gasteiger partial charge >= 0.3 is 0 Å². The molecule has 2 amide bonds. The lowest BCUT2D eigenvalue weighted by molar-refractivity contribution is -0.122. The maximum Gasteiger partial charge on any atom is 0.273 e. The number of rotatable bonds is 4. The number of ether oxygens (including phenoxy) is 3. The molecule has 0 fully saturated rings. The molecule has 1 spiro atoms. The Labute approximate surface area is 189 Å². The topological polar surface area (TPSA) is 103 Å². The highest BCUT2D eigenvalue weighted by atomic mass is 16.7. The largest absolute Gasteiger partial charge is 0.491 e. The Morgan fingerprint density at radius 1 is 1.12 bits per heavy atom. The number of oxazole rings is 1. The number of anilines is 1. The summed E-state index contributed by atoms with van der Waals surface area (Å²) < 4.78 is 22.5. The molecule has 1 aromatic heterocycles. The summed E-state index contributed by atoms with van der Waals surface area (Å²) in [7, 11) is 0. The third-order valence-corrected chi connectivity index (χ3v) is 6.14. The van der Waals surface area contributed by atoms with Crippen LogP contribution in [0.3, 0.4) is 0 Å². The van der Waals surface area contributed by atoms with Crippen molar-refractivity contribution in [1.29, 1.82) is 0 Å². The first kappa shape index (κ1) is 19.7. The van der Waals surface area contributed by atoms with Gasteiger partial charge in [-0.25, -0.2) is 4.98 Å². The predicted octanol–water partition coefficient (Wildman–Crippen LogP) is 2.77. The van der Waals surface area contributed by atoms with E-state index in [0.717, 1.165) is 16.8 Å². The summed E-state index contributed by atoms with van der Waals surface area (Å²) in [6, 6.07) is 11.2. The van der Waals surface area contributed by atoms with Crippen LogP contribution in [0.1, 0.15) is 41.4 Å². The number of benzene rings is 2. The Hall–Kier alpha value is -4.01. The Morgan fingerprint density at radius 2 is 1.91 bits per heavy atom. The van der Waals surface area contributed by atoms with E-state index in [0.29, 0.717) is 17.2 Å². The molecule has 0 aliphatic carbocycles. The fourth-order valence-electron chi connectivity index (χ4n) is 4.68. The second kappa shape index (κ2) is 6.99. The Bertz CT molecular complexity index is 1300. The fraction of sp³-hybridized carbons (Fsp3) is 0.292. The van der Waals surface area contributed by atoms with Crippen molar-refractivity contribution in [1.82, 2.24) is 10.3 Å². The average Bonchev–Trinajstić information content (AvgIpc) is 3.56. The molecule has 1 atom stereocenters. The van der Waals surface area contributed by atoms with E-state index in [-0.39, 0.29) is 49.4 Å². The molecule has 168 valence electrons. The standard InChI is InChI=1S/C24H21N3O6/c1-13(2)25-22(28)16-10-30-21(26-16)9-27-17-6-4-3-5-14(17)24(23(27)29)11-31-18-8-20-19(7-15(18)24)32-12-33-20/h3-8,10,13H,9,11-12H2,1-2H3,(H,25,28). The molecule has 0 saturated heterocycles. The lowest BCUT2D eigenvalue weighted by Gasteiger charge is -2.22. The Kier molecular flexibility index (Phi) is 4.17. The molecule has 0 bridgehead atoms. The minimum atomic E-state index is -1.00. The van der Waals surface area contributed by atoms with Crippen LogP contribution in [0.2, 0.25) is 0 Å². The van der Waals surface area contributed by atoms with Gasteiger partial charge in [-0.1, -0.05) is 18.2 Å². The predicted molar refractivity (Wildman–Crippen MR) is 116 cm³/mol. The van der Waals surface area contributed by atoms with Crippen LogP contribution in [-0.4, -0.2) is 36.2 Å². The van der Waals surface area contributed by atoms with Crippen molar-refractivity contribution in [2.24, 2.45) is 0 Å². The Morgan fingerprint density at radius 3 is 2.73 bits per heavy atom. The molecule has 33 heavy (non-hydrogen) atoms. The zero-order chi connectivity index (χ0) is 22.7. The molecule has 2 aromatic carbocycles. The highest BCUT2D eigenvalue weighted by molar-refractivity contribution is 6.11. The molecule has 0 saturated carbocycles. The van der Waals surface area contributed by atoms with Gasteiger partial charge in [-0.05, 0) is 31.5 Å². The van der Waals surface area contributed by atoms with Crippen molar-refractivity contribution in [3.05, 3.63) is 65.4 Å². The molecule has 0 radical (unpaired) electrons. The van der Waals surface area contributed by atoms with Crippen LogP contribution in [-0.2, 0) is 16.8 Å². The van der Waals surface area contributed by atoms with Gasteiger partial charge in [0.1, 0.15) is 30.6 Å². The average molecular weight is 447 g/mol. The maximum absolute atomic E-state index is 14.0. The van der Waals surface area contributed by atoms with Gasteiger partial charge in [0.05, 0.1) is 0 Å². The molecule has 9 nitrogen and oxygen atoms in total. The van der Waals surface area contributed by atoms with E-state index in [2.05, 4.69) is 10.3 Å². The van der Waals surface area contributed by atoms with Gasteiger partial charge in [0.15, 0.2) is 17.2 Å². The summed E-state index contributed by atoms with van der Waals surface area (Å²) >= 11 is 0. The van der Waals surface area contributed by atoms with E-state index >= 15 is 0 Å². The van der Waals surface area contributed by atoms with Crippen LogP contribution in [0.15, 0.2) is 47.1 Å². The smallest absolute Gasteiger partial charge is 0.273 e. The van der Waals surface area contributed by atoms with Gasteiger partial charge in [0.2, 0.25) is 18.6 Å². The number of nitrogens with one attached hydrogen (secondary N) is 1. The van der Waals surface area contributed by atoms with Gasteiger partial charge in [0, 0.05) is 23.4 Å². The number of nitrogens with zero attached hydrogens (tertiary/aromatic N) is 2. The number of fused-ring (bicyclic) bond motifs is 5. The number of carbonyl (C=O) groups excluding carboxylic acids is 2. The van der Waals surface area contributed by atoms with Gasteiger partial charge in [0.25, 0.3) is 5.91 Å². The van der Waals surface area contributed by atoms with Crippen molar-refractivity contribution >= 4 is 17.5 Å². The van der Waals surface area contributed by atoms with Gasteiger partial charge in [-0.15, -0.1) is 0 Å². The zero-order valence-corrected chi connectivity index (χ0v) is 18.1. The lowest BCUT2D eigenvalue weighted by atomic mass is 9.77. The highest BCUT2D eigenvalue weighted by Crippen LogP contribution is 2.55. The molecular weight excluding hydrogens is 426 g/mol. The second-order valence-corrected chi connectivity index (χ2v) is 8.56. The lowest BCUT2D eigenvalue weighted by Crippen LogP contribution is -2.42. The monoisotopic (exact) mass is 447 g/mol. The minimum absolute atomic E-state index is 0.0252. The van der Waals surface area contributed by atoms with E-state index < -0.39 is 5.41 Å². The van der Waals surface area contributed by atoms with Crippen LogP contribution in [0.4, 0.5) is 5.69 Å². The van der Waals surface area contributed by atoms with E-state index in [1.807, 2.05) is 44.2 Å². The molecule has 3 aromatic rings. The summed E-state index contributed by atoms with van der Waals surface area (Å²) in [5.74, 6) is 1.61. The molecule has 9 heteroatoms. The summed E-state index contributed by atoms with van der Waals surface area (Å²) in [6.45, 7) is 4.13. The van der Waals surface area contributed by atoms with Crippen LogP contribution in [0.5, 0.6) is 17.2 Å². The van der Waals surface area contributed by atoms with E-state index in [1.54, 1.807) is 11.0 Å². The van der Waals surface area contributed by atoms with Crippen LogP contribution in [0.25, 0.3) is 0 Å². The van der Waals surface area contributed by atoms with Gasteiger partial charge in [-0.3, -0.25) is 9.59 Å². The summed E-state index contributed by atoms with van der Waals surface area (Å²) in [5, 5.41) is 2.78. The first-order valence-electron chi connectivity index (χ1n) is 10.7. The summed E-state index contributed by atoms with van der Waals surface area (Å²) in [4.78, 5) is 32.1. The van der Waals surface area contributed by atoms with Crippen molar-refractivity contribution in [2.75, 3.05) is 18.3 Å². The van der Waals surface area contributed by atoms with Crippen molar-refractivity contribution in [2.45, 2.75) is 31.8 Å². The molecule has 6 rings (SSSR count). The van der Waals surface area contributed by atoms with Gasteiger partial charge in [-0.2, -0.15) is 0 Å². The number of para-hydroxylation sites is 1. The molecule has 3 aliphatic rings.